The van der Waals surface area contributed by atoms with E-state index in [-0.39, 0.29) is 5.75 Å². The fourth-order valence-electron chi connectivity index (χ4n) is 5.92. The molecule has 0 unspecified atom stereocenters. The van der Waals surface area contributed by atoms with Crippen LogP contribution in [-0.2, 0) is 6.42 Å². The molecule has 0 atom stereocenters. The van der Waals surface area contributed by atoms with Gasteiger partial charge in [-0.15, -0.1) is 11.8 Å². The van der Waals surface area contributed by atoms with Crippen molar-refractivity contribution in [3.63, 3.8) is 0 Å². The summed E-state index contributed by atoms with van der Waals surface area (Å²) in [7, 11) is 0. The average Bonchev–Trinajstić information content (AvgIpc) is 3.01. The Balaban J connectivity index is 1.92. The molecule has 5 rings (SSSR count). The van der Waals surface area contributed by atoms with Gasteiger partial charge in [-0.1, -0.05) is 84.8 Å². The first kappa shape index (κ1) is 29.5. The maximum atomic E-state index is 10.1. The predicted octanol–water partition coefficient (Wildman–Crippen LogP) is 10.6. The quantitative estimate of drug-likeness (QED) is 0.178. The minimum atomic E-state index is 0.263. The molecule has 3 heteroatoms. The molecule has 0 heterocycles. The number of nitrogens with zero attached hydrogens (tertiary/aromatic N) is 1. The number of rotatable bonds is 9. The maximum absolute atomic E-state index is 10.1. The van der Waals surface area contributed by atoms with Crippen LogP contribution in [0.3, 0.4) is 0 Å². The maximum Gasteiger partial charge on any atom is 0.115 e. The van der Waals surface area contributed by atoms with Crippen LogP contribution in [-0.4, -0.2) is 24.5 Å². The topological polar surface area (TPSA) is 23.5 Å². The number of phenols is 1. The van der Waals surface area contributed by atoms with Crippen LogP contribution in [0.15, 0.2) is 95.9 Å². The summed E-state index contributed by atoms with van der Waals surface area (Å²) in [5, 5.41) is 10.1. The summed E-state index contributed by atoms with van der Waals surface area (Å²) in [6.07, 6.45) is 3.13. The number of aryl methyl sites for hydroxylation is 3. The number of hydrogen-bond acceptors (Lipinski definition) is 3. The van der Waals surface area contributed by atoms with Crippen molar-refractivity contribution in [1.29, 1.82) is 0 Å². The standard InChI is InChI=1S/C39H40NOS/c1-7-28-11-10-12-31(24-28)35-25-36(29-15-19-34(41)20-16-29)39(42-6)38(37(35)32-22-26(4)21-27(5)23-32)30-13-17-33(18-14-30)40(8-2)9-3/h10-24,41H,7-9H2,1-6H3. The Kier molecular flexibility index (Phi) is 9.09. The van der Waals surface area contributed by atoms with Gasteiger partial charge in [0.05, 0.1) is 0 Å². The first-order chi connectivity index (χ1) is 20.4. The summed E-state index contributed by atoms with van der Waals surface area (Å²) in [6.45, 7) is 12.9. The smallest absolute Gasteiger partial charge is 0.115 e. The van der Waals surface area contributed by atoms with Crippen molar-refractivity contribution >= 4 is 17.4 Å². The van der Waals surface area contributed by atoms with E-state index in [2.05, 4.69) is 119 Å². The molecule has 0 spiro atoms. The van der Waals surface area contributed by atoms with Gasteiger partial charge in [-0.05, 0) is 104 Å². The molecule has 0 aliphatic carbocycles. The van der Waals surface area contributed by atoms with Crippen molar-refractivity contribution in [2.75, 3.05) is 24.2 Å². The van der Waals surface area contributed by atoms with Gasteiger partial charge in [-0.3, -0.25) is 0 Å². The van der Waals surface area contributed by atoms with Gasteiger partial charge in [0.15, 0.2) is 0 Å². The second-order valence-electron chi connectivity index (χ2n) is 10.9. The van der Waals surface area contributed by atoms with Gasteiger partial charge < -0.3 is 10.0 Å². The Labute approximate surface area is 256 Å². The van der Waals surface area contributed by atoms with E-state index >= 15 is 0 Å². The molecule has 5 aromatic rings. The fraction of sp³-hybridized carbons (Fsp3) is 0.231. The molecule has 2 nitrogen and oxygen atoms in total. The van der Waals surface area contributed by atoms with Gasteiger partial charge in [-0.2, -0.15) is 0 Å². The van der Waals surface area contributed by atoms with Crippen molar-refractivity contribution in [2.24, 2.45) is 0 Å². The van der Waals surface area contributed by atoms with Crippen molar-refractivity contribution in [3.05, 3.63) is 114 Å². The van der Waals surface area contributed by atoms with Crippen molar-refractivity contribution in [3.8, 4) is 50.3 Å². The molecular formula is C39H40NOS. The van der Waals surface area contributed by atoms with Crippen LogP contribution < -0.4 is 4.90 Å². The third kappa shape index (κ3) is 5.98. The van der Waals surface area contributed by atoms with Crippen LogP contribution in [0.2, 0.25) is 0 Å². The van der Waals surface area contributed by atoms with E-state index in [0.29, 0.717) is 0 Å². The molecule has 0 amide bonds. The minimum Gasteiger partial charge on any atom is -0.508 e. The van der Waals surface area contributed by atoms with E-state index in [4.69, 9.17) is 0 Å². The highest BCUT2D eigenvalue weighted by Crippen LogP contribution is 2.49. The van der Waals surface area contributed by atoms with Gasteiger partial charge in [0, 0.05) is 40.9 Å². The van der Waals surface area contributed by atoms with Gasteiger partial charge in [0.1, 0.15) is 5.75 Å². The highest BCUT2D eigenvalue weighted by atomic mass is 32.2. The number of aromatic hydroxyl groups is 1. The summed E-state index contributed by atoms with van der Waals surface area (Å²) in [6, 6.07) is 36.3. The molecule has 0 saturated heterocycles. The summed E-state index contributed by atoms with van der Waals surface area (Å²) in [5.74, 6) is 0.263. The summed E-state index contributed by atoms with van der Waals surface area (Å²) in [4.78, 5) is 3.56. The molecule has 5 aromatic carbocycles. The van der Waals surface area contributed by atoms with E-state index in [9.17, 15) is 5.11 Å². The van der Waals surface area contributed by atoms with Gasteiger partial charge in [0.2, 0.25) is 0 Å². The fourth-order valence-corrected chi connectivity index (χ4v) is 6.71. The lowest BCUT2D eigenvalue weighted by Gasteiger charge is -2.25. The number of thioether (sulfide) groups is 1. The zero-order chi connectivity index (χ0) is 29.8. The highest BCUT2D eigenvalue weighted by molar-refractivity contribution is 7.98. The Hall–Kier alpha value is -3.95. The largest absolute Gasteiger partial charge is 0.508 e. The van der Waals surface area contributed by atoms with Crippen molar-refractivity contribution < 1.29 is 5.11 Å². The normalized spacial score (nSPS) is 11.1. The number of hydrogen-bond donors (Lipinski definition) is 1. The summed E-state index contributed by atoms with van der Waals surface area (Å²) < 4.78 is 0. The molecule has 0 aliphatic heterocycles. The van der Waals surface area contributed by atoms with E-state index < -0.39 is 0 Å². The first-order valence-corrected chi connectivity index (χ1v) is 16.1. The van der Waals surface area contributed by atoms with E-state index in [1.165, 1.54) is 49.5 Å². The van der Waals surface area contributed by atoms with E-state index in [0.717, 1.165) is 41.8 Å². The number of benzene rings is 5. The molecule has 0 saturated carbocycles. The molecule has 213 valence electrons. The van der Waals surface area contributed by atoms with E-state index in [1.54, 1.807) is 23.9 Å². The van der Waals surface area contributed by atoms with Crippen molar-refractivity contribution in [2.45, 2.75) is 45.9 Å². The minimum absolute atomic E-state index is 0.263. The molecule has 1 N–H and O–H groups in total. The number of anilines is 1. The Morgan fingerprint density at radius 1 is 0.667 bits per heavy atom. The summed E-state index contributed by atoms with van der Waals surface area (Å²) in [5.41, 5.74) is 14.2. The molecule has 42 heavy (non-hydrogen) atoms. The van der Waals surface area contributed by atoms with Gasteiger partial charge >= 0.3 is 0 Å². The predicted molar refractivity (Wildman–Crippen MR) is 183 cm³/mol. The van der Waals surface area contributed by atoms with Crippen LogP contribution >= 0.6 is 11.8 Å². The molecule has 0 fully saturated rings. The Morgan fingerprint density at radius 3 is 1.90 bits per heavy atom. The lowest BCUT2D eigenvalue weighted by molar-refractivity contribution is 0.475. The van der Waals surface area contributed by atoms with Gasteiger partial charge in [-0.25, -0.2) is 0 Å². The van der Waals surface area contributed by atoms with Crippen molar-refractivity contribution in [1.82, 2.24) is 0 Å². The SMILES string of the molecule is CCc1cccc(-c2[c]c(-c3ccc(O)cc3)c(SC)c(-c3ccc(N(CC)CC)cc3)c2-c2cc(C)cc(C)c2)c1. The van der Waals surface area contributed by atoms with Crippen LogP contribution in [0.5, 0.6) is 5.75 Å². The monoisotopic (exact) mass is 570 g/mol. The lowest BCUT2D eigenvalue weighted by atomic mass is 9.83. The van der Waals surface area contributed by atoms with E-state index in [1.807, 2.05) is 12.1 Å². The second kappa shape index (κ2) is 12.9. The second-order valence-corrected chi connectivity index (χ2v) is 11.7. The first-order valence-electron chi connectivity index (χ1n) is 14.9. The number of phenolic OH excluding ortho intramolecular Hbond substituents is 1. The third-order valence-electron chi connectivity index (χ3n) is 7.98. The molecule has 0 bridgehead atoms. The average molecular weight is 571 g/mol. The highest BCUT2D eigenvalue weighted by Gasteiger charge is 2.23. The van der Waals surface area contributed by atoms with Crippen LogP contribution in [0.1, 0.15) is 37.5 Å². The van der Waals surface area contributed by atoms with Crippen LogP contribution in [0, 0.1) is 19.9 Å². The molecular weight excluding hydrogens is 531 g/mol. The van der Waals surface area contributed by atoms with Crippen LogP contribution in [0.25, 0.3) is 44.5 Å². The van der Waals surface area contributed by atoms with Gasteiger partial charge in [0.25, 0.3) is 0 Å². The zero-order valence-corrected chi connectivity index (χ0v) is 26.4. The lowest BCUT2D eigenvalue weighted by Crippen LogP contribution is -2.21. The Bertz CT molecular complexity index is 1660. The molecule has 0 aromatic heterocycles. The molecule has 1 radical (unpaired) electrons. The summed E-state index contributed by atoms with van der Waals surface area (Å²) >= 11 is 1.76. The zero-order valence-electron chi connectivity index (χ0n) is 25.6. The molecule has 0 aliphatic rings. The third-order valence-corrected chi connectivity index (χ3v) is 8.80. The Morgan fingerprint density at radius 2 is 1.31 bits per heavy atom. The van der Waals surface area contributed by atoms with Crippen LogP contribution in [0.4, 0.5) is 5.69 Å².